The van der Waals surface area contributed by atoms with Gasteiger partial charge in [-0.15, -0.1) is 11.3 Å². The van der Waals surface area contributed by atoms with Crippen molar-refractivity contribution in [3.63, 3.8) is 0 Å². The van der Waals surface area contributed by atoms with Gasteiger partial charge in [-0.1, -0.05) is 15.9 Å². The monoisotopic (exact) mass is 404 g/mol. The summed E-state index contributed by atoms with van der Waals surface area (Å²) >= 11 is 8.27. The fourth-order valence-electron chi connectivity index (χ4n) is 1.44. The third kappa shape index (κ3) is 3.34. The second-order valence-corrected chi connectivity index (χ2v) is 6.64. The summed E-state index contributed by atoms with van der Waals surface area (Å²) in [5, 5.41) is 3.83. The SMILES string of the molecule is COC(=O)c1nc(Nc2ccc(Br)cc2Br)sc1C. The zero-order valence-electron chi connectivity index (χ0n) is 10.2. The standard InChI is InChI=1S/C12H10Br2N2O2S/c1-6-10(11(17)18-2)16-12(19-6)15-9-4-3-7(13)5-8(9)14/h3-5H,1-2H3,(H,15,16). The number of rotatable bonds is 3. The van der Waals surface area contributed by atoms with Gasteiger partial charge in [-0.05, 0) is 41.1 Å². The van der Waals surface area contributed by atoms with Crippen molar-refractivity contribution in [1.29, 1.82) is 0 Å². The molecule has 0 aliphatic carbocycles. The summed E-state index contributed by atoms with van der Waals surface area (Å²) in [4.78, 5) is 16.6. The van der Waals surface area contributed by atoms with Crippen molar-refractivity contribution in [3.05, 3.63) is 37.7 Å². The second kappa shape index (κ2) is 6.02. The molecule has 7 heteroatoms. The first-order chi connectivity index (χ1) is 9.01. The molecule has 4 nitrogen and oxygen atoms in total. The van der Waals surface area contributed by atoms with Gasteiger partial charge in [0.15, 0.2) is 10.8 Å². The normalized spacial score (nSPS) is 10.3. The zero-order chi connectivity index (χ0) is 14.0. The number of aromatic nitrogens is 1. The molecule has 19 heavy (non-hydrogen) atoms. The first-order valence-corrected chi connectivity index (χ1v) is 7.69. The second-order valence-electron chi connectivity index (χ2n) is 3.66. The number of benzene rings is 1. The molecule has 0 amide bonds. The Hall–Kier alpha value is -0.920. The summed E-state index contributed by atoms with van der Waals surface area (Å²) in [5.74, 6) is -0.420. The Balaban J connectivity index is 2.26. The number of hydrogen-bond donors (Lipinski definition) is 1. The van der Waals surface area contributed by atoms with E-state index in [-0.39, 0.29) is 0 Å². The van der Waals surface area contributed by atoms with Crippen LogP contribution in [0.4, 0.5) is 10.8 Å². The summed E-state index contributed by atoms with van der Waals surface area (Å²) in [6.45, 7) is 1.84. The molecule has 1 N–H and O–H groups in total. The van der Waals surface area contributed by atoms with E-state index in [1.807, 2.05) is 25.1 Å². The summed E-state index contributed by atoms with van der Waals surface area (Å²) in [5.41, 5.74) is 1.23. The van der Waals surface area contributed by atoms with Gasteiger partial charge in [-0.25, -0.2) is 9.78 Å². The van der Waals surface area contributed by atoms with Crippen molar-refractivity contribution in [3.8, 4) is 0 Å². The molecular weight excluding hydrogens is 396 g/mol. The lowest BCUT2D eigenvalue weighted by molar-refractivity contribution is 0.0594. The van der Waals surface area contributed by atoms with Crippen LogP contribution in [-0.4, -0.2) is 18.1 Å². The molecule has 0 aliphatic rings. The predicted molar refractivity (Wildman–Crippen MR) is 83.3 cm³/mol. The quantitative estimate of drug-likeness (QED) is 0.763. The van der Waals surface area contributed by atoms with Gasteiger partial charge in [0.05, 0.1) is 12.8 Å². The van der Waals surface area contributed by atoms with E-state index < -0.39 is 5.97 Å². The number of ether oxygens (including phenoxy) is 1. The average Bonchev–Trinajstić information content (AvgIpc) is 2.73. The molecule has 2 rings (SSSR count). The van der Waals surface area contributed by atoms with Gasteiger partial charge < -0.3 is 10.1 Å². The fraction of sp³-hybridized carbons (Fsp3) is 0.167. The van der Waals surface area contributed by atoms with E-state index in [1.165, 1.54) is 18.4 Å². The number of methoxy groups -OCH3 is 1. The molecule has 1 aromatic carbocycles. The highest BCUT2D eigenvalue weighted by molar-refractivity contribution is 9.11. The highest BCUT2D eigenvalue weighted by Gasteiger charge is 2.16. The number of nitrogens with zero attached hydrogens (tertiary/aromatic N) is 1. The number of anilines is 2. The summed E-state index contributed by atoms with van der Waals surface area (Å²) in [6, 6.07) is 5.78. The predicted octanol–water partition coefficient (Wildman–Crippen LogP) is 4.51. The third-order valence-corrected chi connectivity index (χ3v) is 4.38. The molecule has 0 saturated heterocycles. The minimum atomic E-state index is -0.420. The molecule has 0 atom stereocenters. The van der Waals surface area contributed by atoms with Crippen LogP contribution < -0.4 is 5.32 Å². The molecule has 1 aromatic heterocycles. The minimum absolute atomic E-state index is 0.350. The third-order valence-electron chi connectivity index (χ3n) is 2.35. The Morgan fingerprint density at radius 2 is 2.16 bits per heavy atom. The summed E-state index contributed by atoms with van der Waals surface area (Å²) in [6.07, 6.45) is 0. The Bertz CT molecular complexity index is 628. The van der Waals surface area contributed by atoms with Gasteiger partial charge in [0.25, 0.3) is 0 Å². The molecule has 0 radical (unpaired) electrons. The van der Waals surface area contributed by atoms with Crippen LogP contribution in [0.5, 0.6) is 0 Å². The topological polar surface area (TPSA) is 51.2 Å². The van der Waals surface area contributed by atoms with Crippen molar-refractivity contribution in [1.82, 2.24) is 4.98 Å². The van der Waals surface area contributed by atoms with Crippen LogP contribution in [0.2, 0.25) is 0 Å². The van der Waals surface area contributed by atoms with Crippen molar-refractivity contribution >= 4 is 60.0 Å². The van der Waals surface area contributed by atoms with Crippen molar-refractivity contribution in [2.24, 2.45) is 0 Å². The van der Waals surface area contributed by atoms with Gasteiger partial charge in [0.2, 0.25) is 0 Å². The first-order valence-electron chi connectivity index (χ1n) is 5.29. The zero-order valence-corrected chi connectivity index (χ0v) is 14.1. The lowest BCUT2D eigenvalue weighted by Crippen LogP contribution is -2.03. The number of nitrogens with one attached hydrogen (secondary N) is 1. The van der Waals surface area contributed by atoms with Crippen LogP contribution in [0, 0.1) is 6.92 Å². The number of carbonyl (C=O) groups is 1. The first kappa shape index (κ1) is 14.5. The maximum Gasteiger partial charge on any atom is 0.357 e. The van der Waals surface area contributed by atoms with E-state index >= 15 is 0 Å². The van der Waals surface area contributed by atoms with E-state index in [9.17, 15) is 4.79 Å². The molecule has 0 spiro atoms. The molecule has 0 fully saturated rings. The largest absolute Gasteiger partial charge is 0.464 e. The number of halogens is 2. The van der Waals surface area contributed by atoms with Crippen LogP contribution in [0.25, 0.3) is 0 Å². The van der Waals surface area contributed by atoms with Gasteiger partial charge in [0.1, 0.15) is 0 Å². The van der Waals surface area contributed by atoms with Gasteiger partial charge in [-0.2, -0.15) is 0 Å². The maximum atomic E-state index is 11.5. The number of thiazole rings is 1. The number of hydrogen-bond acceptors (Lipinski definition) is 5. The van der Waals surface area contributed by atoms with E-state index in [4.69, 9.17) is 0 Å². The maximum absolute atomic E-state index is 11.5. The fourth-order valence-corrected chi connectivity index (χ4v) is 3.40. The highest BCUT2D eigenvalue weighted by Crippen LogP contribution is 2.31. The lowest BCUT2D eigenvalue weighted by Gasteiger charge is -2.05. The van der Waals surface area contributed by atoms with Gasteiger partial charge in [0, 0.05) is 13.8 Å². The average molecular weight is 406 g/mol. The molecule has 0 saturated carbocycles. The highest BCUT2D eigenvalue weighted by atomic mass is 79.9. The van der Waals surface area contributed by atoms with Crippen LogP contribution in [-0.2, 0) is 4.74 Å². The summed E-state index contributed by atoms with van der Waals surface area (Å²) in [7, 11) is 1.35. The molecule has 0 unspecified atom stereocenters. The van der Waals surface area contributed by atoms with Gasteiger partial charge >= 0.3 is 5.97 Å². The van der Waals surface area contributed by atoms with E-state index in [1.54, 1.807) is 0 Å². The Labute approximate surface area is 131 Å². The molecule has 100 valence electrons. The minimum Gasteiger partial charge on any atom is -0.464 e. The Kier molecular flexibility index (Phi) is 4.59. The Morgan fingerprint density at radius 3 is 2.79 bits per heavy atom. The lowest BCUT2D eigenvalue weighted by atomic mass is 10.3. The van der Waals surface area contributed by atoms with Crippen LogP contribution >= 0.6 is 43.2 Å². The number of aryl methyl sites for hydroxylation is 1. The van der Waals surface area contributed by atoms with Crippen molar-refractivity contribution in [2.75, 3.05) is 12.4 Å². The van der Waals surface area contributed by atoms with E-state index in [0.717, 1.165) is 19.5 Å². The summed E-state index contributed by atoms with van der Waals surface area (Å²) < 4.78 is 6.58. The van der Waals surface area contributed by atoms with E-state index in [0.29, 0.717) is 10.8 Å². The van der Waals surface area contributed by atoms with Crippen molar-refractivity contribution < 1.29 is 9.53 Å². The molecular formula is C12H10Br2N2O2S. The van der Waals surface area contributed by atoms with E-state index in [2.05, 4.69) is 46.9 Å². The smallest absolute Gasteiger partial charge is 0.357 e. The van der Waals surface area contributed by atoms with Crippen LogP contribution in [0.15, 0.2) is 27.1 Å². The number of esters is 1. The van der Waals surface area contributed by atoms with Crippen molar-refractivity contribution in [2.45, 2.75) is 6.92 Å². The van der Waals surface area contributed by atoms with Gasteiger partial charge in [-0.3, -0.25) is 0 Å². The molecule has 1 heterocycles. The Morgan fingerprint density at radius 1 is 1.42 bits per heavy atom. The van der Waals surface area contributed by atoms with Crippen LogP contribution in [0.1, 0.15) is 15.4 Å². The number of carbonyl (C=O) groups excluding carboxylic acids is 1. The van der Waals surface area contributed by atoms with Crippen LogP contribution in [0.3, 0.4) is 0 Å². The molecule has 2 aromatic rings. The molecule has 0 bridgehead atoms. The molecule has 0 aliphatic heterocycles.